The van der Waals surface area contributed by atoms with Crippen molar-refractivity contribution in [2.45, 2.75) is 6.54 Å². The van der Waals surface area contributed by atoms with Crippen LogP contribution in [0.1, 0.15) is 26.5 Å². The summed E-state index contributed by atoms with van der Waals surface area (Å²) in [5, 5.41) is 14.0. The average Bonchev–Trinajstić information content (AvgIpc) is 2.74. The number of anilines is 2. The minimum atomic E-state index is -0.481. The predicted molar refractivity (Wildman–Crippen MR) is 104 cm³/mol. The van der Waals surface area contributed by atoms with Crippen molar-refractivity contribution in [3.8, 4) is 0 Å². The van der Waals surface area contributed by atoms with Crippen LogP contribution in [0.4, 0.5) is 11.5 Å². The molecule has 28 heavy (non-hydrogen) atoms. The van der Waals surface area contributed by atoms with Crippen LogP contribution in [0.5, 0.6) is 0 Å². The van der Waals surface area contributed by atoms with Crippen LogP contribution in [0.25, 0.3) is 0 Å². The number of rotatable bonds is 6. The van der Waals surface area contributed by atoms with Gasteiger partial charge in [0, 0.05) is 6.20 Å². The van der Waals surface area contributed by atoms with Gasteiger partial charge in [0.15, 0.2) is 11.5 Å². The van der Waals surface area contributed by atoms with Gasteiger partial charge >= 0.3 is 5.97 Å². The minimum Gasteiger partial charge on any atom is -0.465 e. The summed E-state index contributed by atoms with van der Waals surface area (Å²) in [5.41, 5.74) is 1.71. The number of amides is 1. The predicted octanol–water partition coefficient (Wildman–Crippen LogP) is 2.99. The zero-order valence-electron chi connectivity index (χ0n) is 14.8. The van der Waals surface area contributed by atoms with Gasteiger partial charge in [-0.2, -0.15) is 0 Å². The van der Waals surface area contributed by atoms with Gasteiger partial charge in [0.25, 0.3) is 5.91 Å². The molecule has 0 aliphatic rings. The number of hydrogen-bond acceptors (Lipinski definition) is 7. The lowest BCUT2D eigenvalue weighted by atomic mass is 10.2. The van der Waals surface area contributed by atoms with E-state index in [1.54, 1.807) is 36.5 Å². The highest BCUT2D eigenvalue weighted by atomic mass is 35.5. The number of aromatic nitrogens is 3. The van der Waals surface area contributed by atoms with Gasteiger partial charge in [-0.05, 0) is 42.5 Å². The summed E-state index contributed by atoms with van der Waals surface area (Å²) >= 11 is 6.14. The van der Waals surface area contributed by atoms with Crippen LogP contribution in [-0.4, -0.2) is 34.2 Å². The van der Waals surface area contributed by atoms with E-state index >= 15 is 0 Å². The van der Waals surface area contributed by atoms with E-state index < -0.39 is 5.97 Å². The molecule has 2 heterocycles. The summed E-state index contributed by atoms with van der Waals surface area (Å²) in [5.74, 6) is -0.480. The molecule has 2 aromatic heterocycles. The maximum atomic E-state index is 12.2. The molecule has 0 saturated heterocycles. The van der Waals surface area contributed by atoms with Gasteiger partial charge in [-0.3, -0.25) is 9.78 Å². The van der Waals surface area contributed by atoms with Gasteiger partial charge in [-0.15, -0.1) is 10.2 Å². The van der Waals surface area contributed by atoms with Crippen LogP contribution in [0.15, 0.2) is 54.7 Å². The molecule has 0 bridgehead atoms. The second kappa shape index (κ2) is 8.92. The number of pyridine rings is 1. The summed E-state index contributed by atoms with van der Waals surface area (Å²) in [6.45, 7) is 0.289. The highest BCUT2D eigenvalue weighted by molar-refractivity contribution is 6.33. The van der Waals surface area contributed by atoms with Crippen LogP contribution < -0.4 is 10.6 Å². The molecule has 0 saturated carbocycles. The maximum Gasteiger partial charge on any atom is 0.337 e. The van der Waals surface area contributed by atoms with Crippen LogP contribution in [0, 0.1) is 0 Å². The number of esters is 1. The second-order valence-electron chi connectivity index (χ2n) is 5.62. The van der Waals surface area contributed by atoms with Crippen LogP contribution in [-0.2, 0) is 11.3 Å². The number of ether oxygens (including phenoxy) is 1. The van der Waals surface area contributed by atoms with Gasteiger partial charge in [-0.1, -0.05) is 17.7 Å². The number of nitrogens with zero attached hydrogens (tertiary/aromatic N) is 3. The van der Waals surface area contributed by atoms with Gasteiger partial charge in [-0.25, -0.2) is 4.79 Å². The maximum absolute atomic E-state index is 12.2. The highest BCUT2D eigenvalue weighted by Crippen LogP contribution is 2.26. The Morgan fingerprint density at radius 2 is 1.96 bits per heavy atom. The Morgan fingerprint density at radius 1 is 1.11 bits per heavy atom. The van der Waals surface area contributed by atoms with Gasteiger partial charge in [0.2, 0.25) is 0 Å². The highest BCUT2D eigenvalue weighted by Gasteiger charge is 2.11. The van der Waals surface area contributed by atoms with Gasteiger partial charge < -0.3 is 15.4 Å². The summed E-state index contributed by atoms with van der Waals surface area (Å²) in [7, 11) is 1.30. The third kappa shape index (κ3) is 4.80. The molecule has 0 spiro atoms. The number of carbonyl (C=O) groups excluding carboxylic acids is 2. The zero-order chi connectivity index (χ0) is 19.9. The van der Waals surface area contributed by atoms with Crippen LogP contribution in [0.2, 0.25) is 5.02 Å². The normalized spacial score (nSPS) is 10.2. The van der Waals surface area contributed by atoms with E-state index in [1.807, 2.05) is 12.1 Å². The second-order valence-corrected chi connectivity index (χ2v) is 6.03. The Balaban J connectivity index is 1.66. The van der Waals surface area contributed by atoms with Crippen molar-refractivity contribution < 1.29 is 14.3 Å². The number of carbonyl (C=O) groups is 2. The smallest absolute Gasteiger partial charge is 0.337 e. The monoisotopic (exact) mass is 397 g/mol. The van der Waals surface area contributed by atoms with E-state index in [0.29, 0.717) is 22.1 Å². The third-order valence-electron chi connectivity index (χ3n) is 3.70. The first-order chi connectivity index (χ1) is 13.6. The van der Waals surface area contributed by atoms with E-state index in [0.717, 1.165) is 5.69 Å². The first-order valence-corrected chi connectivity index (χ1v) is 8.61. The molecular weight excluding hydrogens is 382 g/mol. The Kier molecular flexibility index (Phi) is 6.13. The first kappa shape index (κ1) is 19.2. The van der Waals surface area contributed by atoms with E-state index in [4.69, 9.17) is 16.3 Å². The van der Waals surface area contributed by atoms with E-state index in [2.05, 4.69) is 25.8 Å². The SMILES string of the molecule is COC(=O)c1ccc(Cl)c(Nc2ccc(C(=O)NCc3ccccn3)nn2)c1. The van der Waals surface area contributed by atoms with Crippen LogP contribution >= 0.6 is 11.6 Å². The zero-order valence-corrected chi connectivity index (χ0v) is 15.6. The average molecular weight is 398 g/mol. The first-order valence-electron chi connectivity index (χ1n) is 8.23. The molecule has 0 radical (unpaired) electrons. The van der Waals surface area contributed by atoms with E-state index in [1.165, 1.54) is 13.2 Å². The van der Waals surface area contributed by atoms with Crippen LogP contribution in [0.3, 0.4) is 0 Å². The molecule has 3 rings (SSSR count). The van der Waals surface area contributed by atoms with E-state index in [-0.39, 0.29) is 18.1 Å². The summed E-state index contributed by atoms with van der Waals surface area (Å²) in [6, 6.07) is 13.2. The number of methoxy groups -OCH3 is 1. The minimum absolute atomic E-state index is 0.163. The molecule has 3 aromatic rings. The summed E-state index contributed by atoms with van der Waals surface area (Å²) in [6.07, 6.45) is 1.65. The van der Waals surface area contributed by atoms with E-state index in [9.17, 15) is 9.59 Å². The quantitative estimate of drug-likeness (QED) is 0.616. The topological polar surface area (TPSA) is 106 Å². The molecule has 1 amide bonds. The fourth-order valence-corrected chi connectivity index (χ4v) is 2.45. The Labute approximate surface area is 165 Å². The Morgan fingerprint density at radius 3 is 2.64 bits per heavy atom. The molecule has 0 aliphatic heterocycles. The molecule has 9 heteroatoms. The third-order valence-corrected chi connectivity index (χ3v) is 4.03. The largest absolute Gasteiger partial charge is 0.465 e. The number of nitrogens with one attached hydrogen (secondary N) is 2. The van der Waals surface area contributed by atoms with Crippen molar-refractivity contribution in [1.82, 2.24) is 20.5 Å². The molecule has 142 valence electrons. The summed E-state index contributed by atoms with van der Waals surface area (Å²) in [4.78, 5) is 27.9. The molecule has 0 aliphatic carbocycles. The number of benzene rings is 1. The lowest BCUT2D eigenvalue weighted by Gasteiger charge is -2.09. The number of halogens is 1. The Bertz CT molecular complexity index is 981. The molecule has 2 N–H and O–H groups in total. The fraction of sp³-hybridized carbons (Fsp3) is 0.105. The standard InChI is InChI=1S/C19H16ClN5O3/c1-28-19(27)12-5-6-14(20)16(10-12)23-17-8-7-15(24-25-17)18(26)22-11-13-4-2-3-9-21-13/h2-10H,11H2,1H3,(H,22,26)(H,23,25). The lowest BCUT2D eigenvalue weighted by molar-refractivity contribution is 0.0600. The van der Waals surface area contributed by atoms with Crippen molar-refractivity contribution in [3.63, 3.8) is 0 Å². The summed E-state index contributed by atoms with van der Waals surface area (Å²) < 4.78 is 4.69. The number of hydrogen-bond donors (Lipinski definition) is 2. The van der Waals surface area contributed by atoms with Crippen molar-refractivity contribution in [3.05, 3.63) is 76.7 Å². The lowest BCUT2D eigenvalue weighted by Crippen LogP contribution is -2.24. The molecule has 0 fully saturated rings. The molecular formula is C19H16ClN5O3. The van der Waals surface area contributed by atoms with Crippen molar-refractivity contribution >= 4 is 35.0 Å². The van der Waals surface area contributed by atoms with Crippen molar-refractivity contribution in [1.29, 1.82) is 0 Å². The molecule has 1 aromatic carbocycles. The molecule has 0 unspecified atom stereocenters. The van der Waals surface area contributed by atoms with Gasteiger partial charge in [0.1, 0.15) is 0 Å². The molecule has 8 nitrogen and oxygen atoms in total. The van der Waals surface area contributed by atoms with Gasteiger partial charge in [0.05, 0.1) is 35.6 Å². The van der Waals surface area contributed by atoms with Crippen molar-refractivity contribution in [2.75, 3.05) is 12.4 Å². The fourth-order valence-electron chi connectivity index (χ4n) is 2.29. The van der Waals surface area contributed by atoms with Crippen molar-refractivity contribution in [2.24, 2.45) is 0 Å². The Hall–Kier alpha value is -3.52. The molecule has 0 atom stereocenters.